The fraction of sp³-hybridized carbons (Fsp3) is 0.174. The molecule has 0 saturated carbocycles. The van der Waals surface area contributed by atoms with Gasteiger partial charge in [0, 0.05) is 24.2 Å². The number of imide groups is 1. The second-order valence-corrected chi connectivity index (χ2v) is 8.29. The van der Waals surface area contributed by atoms with Crippen molar-refractivity contribution < 1.29 is 14.0 Å². The van der Waals surface area contributed by atoms with Crippen molar-refractivity contribution in [2.75, 3.05) is 18.0 Å². The maximum atomic E-state index is 13.7. The Labute approximate surface area is 177 Å². The van der Waals surface area contributed by atoms with E-state index in [-0.39, 0.29) is 17.6 Å². The monoisotopic (exact) mass is 419 g/mol. The Hall–Kier alpha value is -3.19. The molecule has 0 saturated heterocycles. The summed E-state index contributed by atoms with van der Waals surface area (Å²) in [6.45, 7) is 1.03. The highest BCUT2D eigenvalue weighted by molar-refractivity contribution is 7.99. The minimum atomic E-state index is -0.265. The highest BCUT2D eigenvalue weighted by Crippen LogP contribution is 2.47. The van der Waals surface area contributed by atoms with Crippen molar-refractivity contribution in [1.29, 1.82) is 0 Å². The maximum Gasteiger partial charge on any atom is 0.261 e. The normalized spacial score (nSPS) is 14.6. The zero-order valence-electron chi connectivity index (χ0n) is 16.0. The zero-order chi connectivity index (χ0) is 20.7. The Balaban J connectivity index is 1.29. The fourth-order valence-corrected chi connectivity index (χ4v) is 4.99. The molecule has 2 aliphatic heterocycles. The van der Waals surface area contributed by atoms with Crippen molar-refractivity contribution in [3.63, 3.8) is 0 Å². The number of fused-ring (bicyclic) bond motifs is 3. The Morgan fingerprint density at radius 3 is 2.27 bits per heavy atom. The van der Waals surface area contributed by atoms with Gasteiger partial charge in [0.15, 0.2) is 0 Å². The fourth-order valence-electron chi connectivity index (χ4n) is 3.90. The van der Waals surface area contributed by atoms with E-state index in [1.807, 2.05) is 12.1 Å². The van der Waals surface area contributed by atoms with E-state index in [9.17, 15) is 14.0 Å². The molecule has 0 fully saturated rings. The van der Waals surface area contributed by atoms with Crippen LogP contribution in [0.2, 0.25) is 0 Å². The third-order valence-corrected chi connectivity index (χ3v) is 6.42. The van der Waals surface area contributed by atoms with Gasteiger partial charge in [0.1, 0.15) is 11.6 Å². The van der Waals surface area contributed by atoms with E-state index in [2.05, 4.69) is 9.88 Å². The minimum Gasteiger partial charge on any atom is -0.324 e. The minimum absolute atomic E-state index is 0.224. The number of halogens is 1. The average Bonchev–Trinajstić information content (AvgIpc) is 3.00. The quantitative estimate of drug-likeness (QED) is 0.435. The number of pyridine rings is 1. The van der Waals surface area contributed by atoms with E-state index in [1.165, 1.54) is 22.7 Å². The molecule has 0 unspecified atom stereocenters. The van der Waals surface area contributed by atoms with Gasteiger partial charge in [-0.3, -0.25) is 14.5 Å². The van der Waals surface area contributed by atoms with E-state index in [0.29, 0.717) is 30.6 Å². The molecule has 3 heterocycles. The van der Waals surface area contributed by atoms with Gasteiger partial charge in [0.05, 0.1) is 21.7 Å². The highest BCUT2D eigenvalue weighted by Gasteiger charge is 2.34. The predicted molar refractivity (Wildman–Crippen MR) is 113 cm³/mol. The number of rotatable bonds is 5. The first-order valence-corrected chi connectivity index (χ1v) is 10.6. The number of hydrogen-bond donors (Lipinski definition) is 0. The standard InChI is InChI=1S/C23H18FN3O2S/c24-15-9-10-18-20(14-15)30-19-8-5-11-25-21(19)26(18)12-3-4-13-27-22(28)16-6-1-2-7-17(16)23(27)29/h1-2,5-11,14H,3-4,12-13H2. The second kappa shape index (κ2) is 7.57. The first-order chi connectivity index (χ1) is 14.6. The number of aromatic nitrogens is 1. The summed E-state index contributed by atoms with van der Waals surface area (Å²) < 4.78 is 13.7. The second-order valence-electron chi connectivity index (χ2n) is 7.21. The summed E-state index contributed by atoms with van der Waals surface area (Å²) in [6, 6.07) is 15.6. The number of anilines is 2. The summed E-state index contributed by atoms with van der Waals surface area (Å²) in [6.07, 6.45) is 3.18. The van der Waals surface area contributed by atoms with Crippen LogP contribution in [0, 0.1) is 5.82 Å². The lowest BCUT2D eigenvalue weighted by Crippen LogP contribution is -2.31. The molecule has 3 aromatic rings. The van der Waals surface area contributed by atoms with E-state index in [1.54, 1.807) is 42.6 Å². The third kappa shape index (κ3) is 3.15. The molecule has 5 rings (SSSR count). The van der Waals surface area contributed by atoms with Gasteiger partial charge in [-0.2, -0.15) is 0 Å². The van der Waals surface area contributed by atoms with Crippen LogP contribution in [0.3, 0.4) is 0 Å². The number of carbonyl (C=O) groups is 2. The molecular weight excluding hydrogens is 401 g/mol. The zero-order valence-corrected chi connectivity index (χ0v) is 16.9. The lowest BCUT2D eigenvalue weighted by atomic mass is 10.1. The summed E-state index contributed by atoms with van der Waals surface area (Å²) in [5, 5.41) is 0. The molecule has 2 amide bonds. The SMILES string of the molecule is O=C1c2ccccc2C(=O)N1CCCCN1c2ccc(F)cc2Sc2cccnc21. The van der Waals surface area contributed by atoms with E-state index in [0.717, 1.165) is 27.7 Å². The molecule has 2 aromatic carbocycles. The number of nitrogens with zero attached hydrogens (tertiary/aromatic N) is 3. The molecule has 0 N–H and O–H groups in total. The molecule has 0 spiro atoms. The van der Waals surface area contributed by atoms with E-state index in [4.69, 9.17) is 0 Å². The van der Waals surface area contributed by atoms with Gasteiger partial charge in [-0.25, -0.2) is 9.37 Å². The summed E-state index contributed by atoms with van der Waals surface area (Å²) in [7, 11) is 0. The van der Waals surface area contributed by atoms with Crippen LogP contribution >= 0.6 is 11.8 Å². The van der Waals surface area contributed by atoms with E-state index < -0.39 is 0 Å². The van der Waals surface area contributed by atoms with Crippen LogP contribution < -0.4 is 4.90 Å². The molecule has 7 heteroatoms. The molecule has 150 valence electrons. The Morgan fingerprint density at radius 1 is 0.833 bits per heavy atom. The Morgan fingerprint density at radius 2 is 1.53 bits per heavy atom. The molecule has 0 aliphatic carbocycles. The summed E-state index contributed by atoms with van der Waals surface area (Å²) in [5.41, 5.74) is 1.88. The molecular formula is C23H18FN3O2S. The van der Waals surface area contributed by atoms with Gasteiger partial charge < -0.3 is 4.90 Å². The highest BCUT2D eigenvalue weighted by atomic mass is 32.2. The third-order valence-electron chi connectivity index (χ3n) is 5.33. The van der Waals surface area contributed by atoms with Gasteiger partial charge in [-0.15, -0.1) is 0 Å². The summed E-state index contributed by atoms with van der Waals surface area (Å²) >= 11 is 1.51. The summed E-state index contributed by atoms with van der Waals surface area (Å²) in [5.74, 6) is 0.136. The molecule has 0 bridgehead atoms. The molecule has 0 atom stereocenters. The average molecular weight is 419 g/mol. The van der Waals surface area contributed by atoms with Crippen molar-refractivity contribution >= 4 is 35.1 Å². The molecule has 2 aliphatic rings. The van der Waals surface area contributed by atoms with Gasteiger partial charge in [0.25, 0.3) is 11.8 Å². The Kier molecular flexibility index (Phi) is 4.75. The number of carbonyl (C=O) groups excluding carboxylic acids is 2. The molecule has 1 aromatic heterocycles. The van der Waals surface area contributed by atoms with Crippen molar-refractivity contribution in [1.82, 2.24) is 9.88 Å². The van der Waals surface area contributed by atoms with Crippen LogP contribution in [0.15, 0.2) is 70.6 Å². The van der Waals surface area contributed by atoms with Crippen molar-refractivity contribution in [2.24, 2.45) is 0 Å². The molecule has 30 heavy (non-hydrogen) atoms. The summed E-state index contributed by atoms with van der Waals surface area (Å²) in [4.78, 5) is 34.8. The molecule has 5 nitrogen and oxygen atoms in total. The topological polar surface area (TPSA) is 53.5 Å². The Bertz CT molecular complexity index is 1130. The van der Waals surface area contributed by atoms with Gasteiger partial charge in [-0.1, -0.05) is 23.9 Å². The van der Waals surface area contributed by atoms with Crippen molar-refractivity contribution in [3.8, 4) is 0 Å². The number of unbranched alkanes of at least 4 members (excludes halogenated alkanes) is 1. The smallest absolute Gasteiger partial charge is 0.261 e. The van der Waals surface area contributed by atoms with Crippen LogP contribution in [0.5, 0.6) is 0 Å². The van der Waals surface area contributed by atoms with E-state index >= 15 is 0 Å². The number of benzene rings is 2. The largest absolute Gasteiger partial charge is 0.324 e. The van der Waals surface area contributed by atoms with Crippen LogP contribution in [-0.2, 0) is 0 Å². The number of amides is 2. The van der Waals surface area contributed by atoms with Crippen molar-refractivity contribution in [2.45, 2.75) is 22.6 Å². The van der Waals surface area contributed by atoms with Crippen molar-refractivity contribution in [3.05, 3.63) is 77.7 Å². The maximum absolute atomic E-state index is 13.7. The van der Waals surface area contributed by atoms with Crippen LogP contribution in [-0.4, -0.2) is 34.8 Å². The van der Waals surface area contributed by atoms with Gasteiger partial charge in [0.2, 0.25) is 0 Å². The van der Waals surface area contributed by atoms with Crippen LogP contribution in [0.1, 0.15) is 33.6 Å². The van der Waals surface area contributed by atoms with Crippen LogP contribution in [0.25, 0.3) is 0 Å². The lowest BCUT2D eigenvalue weighted by molar-refractivity contribution is 0.0652. The first-order valence-electron chi connectivity index (χ1n) is 9.78. The molecule has 0 radical (unpaired) electrons. The van der Waals surface area contributed by atoms with Gasteiger partial charge in [-0.05, 0) is 55.3 Å². The predicted octanol–water partition coefficient (Wildman–Crippen LogP) is 4.90. The number of hydrogen-bond acceptors (Lipinski definition) is 5. The lowest BCUT2D eigenvalue weighted by Gasteiger charge is -2.31. The van der Waals surface area contributed by atoms with Crippen LogP contribution in [0.4, 0.5) is 15.9 Å². The first kappa shape index (κ1) is 18.8. The van der Waals surface area contributed by atoms with Gasteiger partial charge >= 0.3 is 0 Å².